The van der Waals surface area contributed by atoms with Crippen LogP contribution in [-0.4, -0.2) is 59.5 Å². The summed E-state index contributed by atoms with van der Waals surface area (Å²) in [4.78, 5) is 36.6. The summed E-state index contributed by atoms with van der Waals surface area (Å²) in [5.41, 5.74) is 0.288. The molecular weight excluding hydrogens is 397 g/mol. The van der Waals surface area contributed by atoms with Crippen molar-refractivity contribution >= 4 is 23.6 Å². The molecule has 5 N–H and O–H groups in total. The van der Waals surface area contributed by atoms with Gasteiger partial charge < -0.3 is 30.9 Å². The van der Waals surface area contributed by atoms with E-state index < -0.39 is 48.0 Å². The lowest BCUT2D eigenvalue weighted by Gasteiger charge is -2.31. The fraction of sp³-hybridized carbons (Fsp3) is 0.450. The van der Waals surface area contributed by atoms with Crippen molar-refractivity contribution in [3.63, 3.8) is 0 Å². The molecule has 0 saturated heterocycles. The summed E-state index contributed by atoms with van der Waals surface area (Å²) in [5, 5.41) is 27.7. The first kappa shape index (κ1) is 23.3. The molecule has 0 spiro atoms. The summed E-state index contributed by atoms with van der Waals surface area (Å²) >= 11 is 0. The number of aliphatic hydroxyl groups is 2. The summed E-state index contributed by atoms with van der Waals surface area (Å²) in [5.74, 6) is -2.01. The molecule has 0 radical (unpaired) electrons. The minimum absolute atomic E-state index is 0.0957. The summed E-state index contributed by atoms with van der Waals surface area (Å²) in [7, 11) is 1.21. The summed E-state index contributed by atoms with van der Waals surface area (Å²) < 4.78 is 17.9. The van der Waals surface area contributed by atoms with E-state index in [1.54, 1.807) is 13.8 Å². The molecule has 9 nitrogen and oxygen atoms in total. The molecule has 0 aliphatic heterocycles. The van der Waals surface area contributed by atoms with Gasteiger partial charge in [0, 0.05) is 17.7 Å². The molecule has 1 aliphatic carbocycles. The Balaban J connectivity index is 2.11. The monoisotopic (exact) mass is 423 g/mol. The van der Waals surface area contributed by atoms with Gasteiger partial charge in [0.05, 0.1) is 19.3 Å². The quantitative estimate of drug-likeness (QED) is 0.427. The van der Waals surface area contributed by atoms with Crippen LogP contribution in [-0.2, 0) is 14.3 Å². The Labute approximate surface area is 173 Å². The molecule has 164 valence electrons. The lowest BCUT2D eigenvalue weighted by molar-refractivity contribution is -0.146. The number of amides is 3. The van der Waals surface area contributed by atoms with Gasteiger partial charge in [0.25, 0.3) is 0 Å². The second kappa shape index (κ2) is 10.2. The van der Waals surface area contributed by atoms with Crippen LogP contribution in [0.1, 0.15) is 20.3 Å². The number of aliphatic hydroxyl groups excluding tert-OH is 2. The van der Waals surface area contributed by atoms with Crippen molar-refractivity contribution in [3.8, 4) is 0 Å². The van der Waals surface area contributed by atoms with Gasteiger partial charge in [-0.15, -0.1) is 0 Å². The number of rotatable bonds is 6. The number of hydrogen-bond donors (Lipinski definition) is 5. The summed E-state index contributed by atoms with van der Waals surface area (Å²) in [6, 6.07) is 2.48. The lowest BCUT2D eigenvalue weighted by Crippen LogP contribution is -2.53. The third kappa shape index (κ3) is 6.01. The number of halogens is 1. The first-order valence-corrected chi connectivity index (χ1v) is 9.41. The molecule has 0 saturated carbocycles. The van der Waals surface area contributed by atoms with Crippen molar-refractivity contribution in [1.82, 2.24) is 10.6 Å². The van der Waals surface area contributed by atoms with Gasteiger partial charge in [-0.25, -0.2) is 14.0 Å². The van der Waals surface area contributed by atoms with Crippen molar-refractivity contribution in [2.24, 2.45) is 5.92 Å². The van der Waals surface area contributed by atoms with Crippen molar-refractivity contribution in [1.29, 1.82) is 0 Å². The number of carbonyl (C=O) groups excluding carboxylic acids is 3. The highest BCUT2D eigenvalue weighted by Crippen LogP contribution is 2.21. The number of hydrogen-bond acceptors (Lipinski definition) is 6. The minimum Gasteiger partial charge on any atom is -0.467 e. The third-order valence-electron chi connectivity index (χ3n) is 4.65. The molecule has 10 heteroatoms. The van der Waals surface area contributed by atoms with E-state index in [-0.39, 0.29) is 23.6 Å². The number of urea groups is 1. The van der Waals surface area contributed by atoms with Crippen LogP contribution in [0.2, 0.25) is 0 Å². The van der Waals surface area contributed by atoms with Gasteiger partial charge in [-0.1, -0.05) is 26.0 Å². The van der Waals surface area contributed by atoms with E-state index in [0.717, 1.165) is 6.07 Å². The molecular formula is C20H26FN3O6. The Morgan fingerprint density at radius 2 is 1.93 bits per heavy atom. The number of carbonyl (C=O) groups is 3. The van der Waals surface area contributed by atoms with Crippen LogP contribution < -0.4 is 16.0 Å². The van der Waals surface area contributed by atoms with Crippen LogP contribution in [0.25, 0.3) is 0 Å². The van der Waals surface area contributed by atoms with E-state index in [1.807, 2.05) is 0 Å². The van der Waals surface area contributed by atoms with Crippen molar-refractivity contribution in [2.45, 2.75) is 44.6 Å². The normalized spacial score (nSPS) is 22.0. The highest BCUT2D eigenvalue weighted by Gasteiger charge is 2.35. The van der Waals surface area contributed by atoms with Gasteiger partial charge in [-0.05, 0) is 24.1 Å². The Hall–Kier alpha value is -2.98. The first-order chi connectivity index (χ1) is 14.1. The van der Waals surface area contributed by atoms with Gasteiger partial charge in [0.2, 0.25) is 5.91 Å². The Bertz CT molecular complexity index is 829. The van der Waals surface area contributed by atoms with Crippen LogP contribution in [0.4, 0.5) is 14.9 Å². The van der Waals surface area contributed by atoms with E-state index >= 15 is 0 Å². The molecule has 1 aromatic carbocycles. The molecule has 0 aromatic heterocycles. The molecule has 1 aromatic rings. The van der Waals surface area contributed by atoms with Crippen LogP contribution in [0, 0.1) is 11.7 Å². The van der Waals surface area contributed by atoms with Crippen LogP contribution in [0.15, 0.2) is 35.9 Å². The zero-order chi connectivity index (χ0) is 22.4. The molecule has 0 fully saturated rings. The highest BCUT2D eigenvalue weighted by atomic mass is 19.1. The highest BCUT2D eigenvalue weighted by molar-refractivity contribution is 5.97. The van der Waals surface area contributed by atoms with E-state index in [2.05, 4.69) is 20.7 Å². The second-order valence-corrected chi connectivity index (χ2v) is 7.31. The van der Waals surface area contributed by atoms with Gasteiger partial charge in [0.1, 0.15) is 18.0 Å². The molecule has 4 unspecified atom stereocenters. The first-order valence-electron chi connectivity index (χ1n) is 9.41. The molecule has 2 rings (SSSR count). The maximum absolute atomic E-state index is 13.2. The van der Waals surface area contributed by atoms with E-state index in [9.17, 15) is 29.0 Å². The fourth-order valence-electron chi connectivity index (χ4n) is 3.01. The smallest absolute Gasteiger partial charge is 0.328 e. The number of benzene rings is 1. The molecule has 0 heterocycles. The number of methoxy groups -OCH3 is 1. The number of nitrogens with one attached hydrogen (secondary N) is 3. The zero-order valence-corrected chi connectivity index (χ0v) is 16.9. The zero-order valence-electron chi connectivity index (χ0n) is 16.9. The van der Waals surface area contributed by atoms with Crippen molar-refractivity contribution in [2.75, 3.05) is 12.4 Å². The van der Waals surface area contributed by atoms with Crippen LogP contribution in [0.5, 0.6) is 0 Å². The Morgan fingerprint density at radius 1 is 1.23 bits per heavy atom. The standard InChI is InChI=1S/C20H26FN3O6/c1-10(2)16(19(28)30-3)24-18(27)11-7-14(17(26)15(25)8-11)23-20(29)22-13-6-4-5-12(21)9-13/h4-7,9-10,14-17,25-26H,8H2,1-3H3,(H,24,27)(H2,22,23,29). The van der Waals surface area contributed by atoms with Gasteiger partial charge in [-0.2, -0.15) is 0 Å². The summed E-state index contributed by atoms with van der Waals surface area (Å²) in [6.45, 7) is 3.47. The predicted octanol–water partition coefficient (Wildman–Crippen LogP) is 0.682. The van der Waals surface area contributed by atoms with E-state index in [4.69, 9.17) is 0 Å². The Morgan fingerprint density at radius 3 is 2.53 bits per heavy atom. The SMILES string of the molecule is COC(=O)C(NC(=O)C1=CC(NC(=O)Nc2cccc(F)c2)C(O)C(O)C1)C(C)C. The average molecular weight is 423 g/mol. The van der Waals surface area contributed by atoms with Crippen molar-refractivity contribution in [3.05, 3.63) is 41.7 Å². The number of ether oxygens (including phenoxy) is 1. The number of anilines is 1. The molecule has 3 amide bonds. The molecule has 4 atom stereocenters. The third-order valence-corrected chi connectivity index (χ3v) is 4.65. The van der Waals surface area contributed by atoms with Gasteiger partial charge in [0.15, 0.2) is 0 Å². The minimum atomic E-state index is -1.36. The maximum Gasteiger partial charge on any atom is 0.328 e. The molecule has 30 heavy (non-hydrogen) atoms. The Kier molecular flexibility index (Phi) is 7.90. The van der Waals surface area contributed by atoms with Crippen molar-refractivity contribution < 1.29 is 33.7 Å². The van der Waals surface area contributed by atoms with Gasteiger partial charge >= 0.3 is 12.0 Å². The molecule has 0 bridgehead atoms. The van der Waals surface area contributed by atoms with Crippen LogP contribution >= 0.6 is 0 Å². The lowest BCUT2D eigenvalue weighted by atomic mass is 9.89. The fourth-order valence-corrected chi connectivity index (χ4v) is 3.01. The predicted molar refractivity (Wildman–Crippen MR) is 106 cm³/mol. The summed E-state index contributed by atoms with van der Waals surface area (Å²) in [6.07, 6.45) is -1.53. The average Bonchev–Trinajstić information content (AvgIpc) is 2.68. The van der Waals surface area contributed by atoms with E-state index in [0.29, 0.717) is 0 Å². The maximum atomic E-state index is 13.2. The largest absolute Gasteiger partial charge is 0.467 e. The molecule has 1 aliphatic rings. The topological polar surface area (TPSA) is 137 Å². The number of esters is 1. The van der Waals surface area contributed by atoms with Crippen LogP contribution in [0.3, 0.4) is 0 Å². The second-order valence-electron chi connectivity index (χ2n) is 7.31. The van der Waals surface area contributed by atoms with Gasteiger partial charge in [-0.3, -0.25) is 4.79 Å². The van der Waals surface area contributed by atoms with E-state index in [1.165, 1.54) is 31.4 Å².